The molecule has 1 amide bonds. The Balaban J connectivity index is 1.69. The summed E-state index contributed by atoms with van der Waals surface area (Å²) in [5, 5.41) is 12.7. The number of carboxylic acid groups (broad SMARTS) is 1. The summed E-state index contributed by atoms with van der Waals surface area (Å²) in [6.45, 7) is 0.212. The first kappa shape index (κ1) is 15.1. The van der Waals surface area contributed by atoms with Crippen molar-refractivity contribution in [3.63, 3.8) is 0 Å². The van der Waals surface area contributed by atoms with Gasteiger partial charge in [-0.3, -0.25) is 0 Å². The molecule has 0 aliphatic heterocycles. The van der Waals surface area contributed by atoms with Gasteiger partial charge >= 0.3 is 6.09 Å². The summed E-state index contributed by atoms with van der Waals surface area (Å²) in [5.74, 6) is -1.21. The van der Waals surface area contributed by atoms with E-state index in [2.05, 4.69) is 17.4 Å². The van der Waals surface area contributed by atoms with E-state index >= 15 is 0 Å². The molecule has 2 aromatic rings. The van der Waals surface area contributed by atoms with Crippen molar-refractivity contribution < 1.29 is 19.4 Å². The van der Waals surface area contributed by atoms with Gasteiger partial charge in [0.2, 0.25) is 0 Å². The molecule has 0 saturated heterocycles. The zero-order valence-corrected chi connectivity index (χ0v) is 12.5. The first-order valence-corrected chi connectivity index (χ1v) is 7.45. The first-order valence-electron chi connectivity index (χ1n) is 7.45. The van der Waals surface area contributed by atoms with Crippen molar-refractivity contribution in [1.82, 2.24) is 5.32 Å². The van der Waals surface area contributed by atoms with Crippen molar-refractivity contribution in [3.05, 3.63) is 59.7 Å². The number of aliphatic carboxylic acids is 1. The van der Waals surface area contributed by atoms with Gasteiger partial charge in [0.1, 0.15) is 6.61 Å². The Bertz CT molecular complexity index is 696. The lowest BCUT2D eigenvalue weighted by molar-refractivity contribution is -0.305. The molecule has 0 heterocycles. The molecule has 5 heteroatoms. The Morgan fingerprint density at radius 3 is 2.13 bits per heavy atom. The molecule has 0 radical (unpaired) electrons. The number of ether oxygens (including phenoxy) is 1. The van der Waals surface area contributed by atoms with Crippen LogP contribution >= 0.6 is 0 Å². The first-order chi connectivity index (χ1) is 11.2. The highest BCUT2D eigenvalue weighted by Crippen LogP contribution is 2.44. The van der Waals surface area contributed by atoms with Gasteiger partial charge in [-0.25, -0.2) is 4.79 Å². The minimum Gasteiger partial charge on any atom is -0.550 e. The topological polar surface area (TPSA) is 78.5 Å². The summed E-state index contributed by atoms with van der Waals surface area (Å²) >= 11 is 0. The molecule has 0 spiro atoms. The zero-order chi connectivity index (χ0) is 16.2. The fraction of sp³-hybridized carbons (Fsp3) is 0.222. The summed E-state index contributed by atoms with van der Waals surface area (Å²) < 4.78 is 5.26. The minimum atomic E-state index is -1.20. The van der Waals surface area contributed by atoms with Crippen LogP contribution in [0.4, 0.5) is 4.79 Å². The number of hydrogen-bond donors (Lipinski definition) is 1. The molecule has 0 aromatic heterocycles. The van der Waals surface area contributed by atoms with E-state index < -0.39 is 12.1 Å². The van der Waals surface area contributed by atoms with Crippen LogP contribution in [0, 0.1) is 0 Å². The van der Waals surface area contributed by atoms with Gasteiger partial charge < -0.3 is 20.0 Å². The Morgan fingerprint density at radius 1 is 1.00 bits per heavy atom. The van der Waals surface area contributed by atoms with Crippen LogP contribution in [0.15, 0.2) is 48.5 Å². The van der Waals surface area contributed by atoms with E-state index in [1.807, 2.05) is 36.4 Å². The van der Waals surface area contributed by atoms with Crippen molar-refractivity contribution in [2.75, 3.05) is 13.2 Å². The van der Waals surface area contributed by atoms with E-state index in [4.69, 9.17) is 4.74 Å². The van der Waals surface area contributed by atoms with Crippen molar-refractivity contribution in [2.45, 2.75) is 12.3 Å². The molecule has 0 saturated carbocycles. The highest BCUT2D eigenvalue weighted by molar-refractivity contribution is 5.79. The van der Waals surface area contributed by atoms with Crippen LogP contribution < -0.4 is 10.4 Å². The smallest absolute Gasteiger partial charge is 0.407 e. The maximum Gasteiger partial charge on any atom is 0.407 e. The molecule has 1 aliphatic carbocycles. The molecule has 118 valence electrons. The predicted octanol–water partition coefficient (Wildman–Crippen LogP) is 1.67. The monoisotopic (exact) mass is 310 g/mol. The van der Waals surface area contributed by atoms with E-state index in [0.29, 0.717) is 0 Å². The van der Waals surface area contributed by atoms with Crippen LogP contribution in [-0.4, -0.2) is 25.2 Å². The number of amides is 1. The van der Waals surface area contributed by atoms with Gasteiger partial charge in [0.15, 0.2) is 0 Å². The van der Waals surface area contributed by atoms with Gasteiger partial charge in [0.05, 0.1) is 0 Å². The number of fused-ring (bicyclic) bond motifs is 3. The van der Waals surface area contributed by atoms with Crippen LogP contribution in [0.25, 0.3) is 11.1 Å². The van der Waals surface area contributed by atoms with Gasteiger partial charge in [-0.15, -0.1) is 0 Å². The van der Waals surface area contributed by atoms with E-state index in [1.165, 1.54) is 0 Å². The fourth-order valence-corrected chi connectivity index (χ4v) is 2.92. The van der Waals surface area contributed by atoms with E-state index in [0.717, 1.165) is 22.3 Å². The van der Waals surface area contributed by atoms with E-state index in [1.54, 1.807) is 0 Å². The van der Waals surface area contributed by atoms with Gasteiger partial charge in [0, 0.05) is 24.9 Å². The van der Waals surface area contributed by atoms with Gasteiger partial charge in [0.25, 0.3) is 0 Å². The van der Waals surface area contributed by atoms with Crippen molar-refractivity contribution in [1.29, 1.82) is 0 Å². The normalized spacial score (nSPS) is 12.3. The SMILES string of the molecule is O=C([O-])CCNC(=O)OCC1c2ccccc2-c2ccccc21. The standard InChI is InChI=1S/C18H17NO4/c20-17(21)9-10-19-18(22)23-11-16-14-7-3-1-5-12(14)13-6-2-4-8-15(13)16/h1-8,16H,9-11H2,(H,19,22)(H,20,21)/p-1. The van der Waals surface area contributed by atoms with Crippen LogP contribution in [-0.2, 0) is 9.53 Å². The lowest BCUT2D eigenvalue weighted by atomic mass is 9.98. The summed E-state index contributed by atoms with van der Waals surface area (Å²) in [6, 6.07) is 16.1. The number of nitrogens with one attached hydrogen (secondary N) is 1. The number of carbonyl (C=O) groups is 2. The minimum absolute atomic E-state index is 0.000985. The number of rotatable bonds is 5. The van der Waals surface area contributed by atoms with Crippen LogP contribution in [0.3, 0.4) is 0 Å². The van der Waals surface area contributed by atoms with Crippen LogP contribution in [0.2, 0.25) is 0 Å². The molecule has 0 atom stereocenters. The second kappa shape index (κ2) is 6.52. The Labute approximate surface area is 133 Å². The molecule has 0 bridgehead atoms. The molecule has 1 N–H and O–H groups in total. The Hall–Kier alpha value is -2.82. The van der Waals surface area contributed by atoms with Gasteiger partial charge in [-0.2, -0.15) is 0 Å². The molecule has 23 heavy (non-hydrogen) atoms. The molecule has 3 rings (SSSR count). The quantitative estimate of drug-likeness (QED) is 0.911. The number of carboxylic acids is 1. The predicted molar refractivity (Wildman–Crippen MR) is 82.7 cm³/mol. The van der Waals surface area contributed by atoms with Crippen molar-refractivity contribution >= 4 is 12.1 Å². The molecule has 2 aromatic carbocycles. The third-order valence-corrected chi connectivity index (χ3v) is 3.94. The summed E-state index contributed by atoms with van der Waals surface area (Å²) in [6.07, 6.45) is -0.849. The third-order valence-electron chi connectivity index (χ3n) is 3.94. The molecule has 0 fully saturated rings. The Kier molecular flexibility index (Phi) is 4.28. The van der Waals surface area contributed by atoms with Gasteiger partial charge in [-0.1, -0.05) is 48.5 Å². The number of carbonyl (C=O) groups excluding carboxylic acids is 2. The average Bonchev–Trinajstić information content (AvgIpc) is 2.87. The maximum atomic E-state index is 11.7. The third kappa shape index (κ3) is 3.18. The number of alkyl carbamates (subject to hydrolysis) is 1. The largest absolute Gasteiger partial charge is 0.550 e. The van der Waals surface area contributed by atoms with Crippen molar-refractivity contribution in [3.8, 4) is 11.1 Å². The molecule has 5 nitrogen and oxygen atoms in total. The highest BCUT2D eigenvalue weighted by Gasteiger charge is 2.28. The zero-order valence-electron chi connectivity index (χ0n) is 12.5. The fourth-order valence-electron chi connectivity index (χ4n) is 2.92. The second-order valence-electron chi connectivity index (χ2n) is 5.37. The summed E-state index contributed by atoms with van der Waals surface area (Å²) in [5.41, 5.74) is 4.59. The molecular weight excluding hydrogens is 294 g/mol. The number of hydrogen-bond acceptors (Lipinski definition) is 4. The van der Waals surface area contributed by atoms with Crippen LogP contribution in [0.1, 0.15) is 23.5 Å². The van der Waals surface area contributed by atoms with E-state index in [-0.39, 0.29) is 25.5 Å². The second-order valence-corrected chi connectivity index (χ2v) is 5.37. The molecule has 0 unspecified atom stereocenters. The number of benzene rings is 2. The van der Waals surface area contributed by atoms with Crippen molar-refractivity contribution in [2.24, 2.45) is 0 Å². The molecular formula is C18H16NO4-. The Morgan fingerprint density at radius 2 is 1.57 bits per heavy atom. The summed E-state index contributed by atoms with van der Waals surface area (Å²) in [4.78, 5) is 22.0. The lowest BCUT2D eigenvalue weighted by Gasteiger charge is -2.14. The van der Waals surface area contributed by atoms with Crippen LogP contribution in [0.5, 0.6) is 0 Å². The average molecular weight is 310 g/mol. The highest BCUT2D eigenvalue weighted by atomic mass is 16.5. The molecule has 1 aliphatic rings. The maximum absolute atomic E-state index is 11.7. The van der Waals surface area contributed by atoms with Gasteiger partial charge in [-0.05, 0) is 22.3 Å². The summed E-state index contributed by atoms with van der Waals surface area (Å²) in [7, 11) is 0. The van der Waals surface area contributed by atoms with E-state index in [9.17, 15) is 14.7 Å². The lowest BCUT2D eigenvalue weighted by Crippen LogP contribution is -2.32.